The van der Waals surface area contributed by atoms with Gasteiger partial charge in [-0.3, -0.25) is 10.1 Å². The highest BCUT2D eigenvalue weighted by molar-refractivity contribution is 7.90. The molecular weight excluding hydrogens is 370 g/mol. The van der Waals surface area contributed by atoms with E-state index in [1.54, 1.807) is 6.92 Å². The minimum Gasteiger partial charge on any atom is -0.258 e. The van der Waals surface area contributed by atoms with Crippen molar-refractivity contribution in [3.05, 3.63) is 33.9 Å². The van der Waals surface area contributed by atoms with E-state index < -0.39 is 25.0 Å². The lowest BCUT2D eigenvalue weighted by Crippen LogP contribution is -2.51. The Morgan fingerprint density at radius 1 is 1.04 bits per heavy atom. The Hall–Kier alpha value is -1.56. The minimum absolute atomic E-state index is 0.0381. The van der Waals surface area contributed by atoms with Crippen LogP contribution >= 0.6 is 0 Å². The summed E-state index contributed by atoms with van der Waals surface area (Å²) < 4.78 is 52.6. The van der Waals surface area contributed by atoms with Gasteiger partial charge in [0.1, 0.15) is 0 Å². The van der Waals surface area contributed by atoms with E-state index in [-0.39, 0.29) is 42.0 Å². The van der Waals surface area contributed by atoms with Crippen LogP contribution in [0.15, 0.2) is 23.1 Å². The van der Waals surface area contributed by atoms with Crippen molar-refractivity contribution in [1.82, 2.24) is 8.61 Å². The molecule has 0 bridgehead atoms. The summed E-state index contributed by atoms with van der Waals surface area (Å²) in [5.41, 5.74) is 0.123. The third-order valence-corrected chi connectivity index (χ3v) is 8.94. The average Bonchev–Trinajstić information content (AvgIpc) is 3.40. The summed E-state index contributed by atoms with van der Waals surface area (Å²) in [7, 11) is -7.24. The molecule has 0 unspecified atom stereocenters. The fourth-order valence-electron chi connectivity index (χ4n) is 2.86. The van der Waals surface area contributed by atoms with Gasteiger partial charge in [-0.1, -0.05) is 6.07 Å². The standard InChI is InChI=1S/C14H19N3O6S2/c1-11-2-3-12(17(18)19)10-14(11)25(22,23)16-8-6-15(7-9-16)24(20,21)13-4-5-13/h2-3,10,13H,4-9H2,1H3. The summed E-state index contributed by atoms with van der Waals surface area (Å²) in [5, 5.41) is 10.6. The number of nitro benzene ring substituents is 1. The summed E-state index contributed by atoms with van der Waals surface area (Å²) in [4.78, 5) is 10.2. The van der Waals surface area contributed by atoms with Crippen LogP contribution in [0.2, 0.25) is 0 Å². The molecule has 1 aromatic rings. The highest BCUT2D eigenvalue weighted by Gasteiger charge is 2.42. The van der Waals surface area contributed by atoms with Gasteiger partial charge in [0, 0.05) is 38.3 Å². The summed E-state index contributed by atoms with van der Waals surface area (Å²) in [6, 6.07) is 3.71. The largest absolute Gasteiger partial charge is 0.270 e. The third kappa shape index (κ3) is 3.41. The van der Waals surface area contributed by atoms with Crippen molar-refractivity contribution >= 4 is 25.7 Å². The van der Waals surface area contributed by atoms with E-state index in [0.29, 0.717) is 18.4 Å². The molecule has 1 saturated heterocycles. The lowest BCUT2D eigenvalue weighted by molar-refractivity contribution is -0.385. The Morgan fingerprint density at radius 2 is 1.60 bits per heavy atom. The molecule has 1 heterocycles. The molecule has 25 heavy (non-hydrogen) atoms. The van der Waals surface area contributed by atoms with Crippen LogP contribution in [0.3, 0.4) is 0 Å². The lowest BCUT2D eigenvalue weighted by Gasteiger charge is -2.33. The molecule has 1 aliphatic carbocycles. The van der Waals surface area contributed by atoms with Gasteiger partial charge in [0.05, 0.1) is 15.1 Å². The van der Waals surface area contributed by atoms with Crippen molar-refractivity contribution in [2.24, 2.45) is 0 Å². The maximum Gasteiger partial charge on any atom is 0.270 e. The first kappa shape index (κ1) is 18.2. The molecule has 0 spiro atoms. The molecule has 9 nitrogen and oxygen atoms in total. The van der Waals surface area contributed by atoms with Gasteiger partial charge in [0.25, 0.3) is 5.69 Å². The van der Waals surface area contributed by atoms with Crippen molar-refractivity contribution in [2.75, 3.05) is 26.2 Å². The third-order valence-electron chi connectivity index (χ3n) is 4.50. The smallest absolute Gasteiger partial charge is 0.258 e. The zero-order valence-corrected chi connectivity index (χ0v) is 15.3. The van der Waals surface area contributed by atoms with Crippen LogP contribution < -0.4 is 0 Å². The first-order chi connectivity index (χ1) is 11.6. The van der Waals surface area contributed by atoms with Gasteiger partial charge in [-0.2, -0.15) is 8.61 Å². The molecule has 0 aromatic heterocycles. The molecule has 138 valence electrons. The molecule has 11 heteroatoms. The number of nitrogens with zero attached hydrogens (tertiary/aromatic N) is 3. The zero-order chi connectivity index (χ0) is 18.4. The summed E-state index contributed by atoms with van der Waals surface area (Å²) in [5.74, 6) is 0. The van der Waals surface area contributed by atoms with Crippen molar-refractivity contribution in [1.29, 1.82) is 0 Å². The molecule has 1 aliphatic heterocycles. The second kappa shape index (κ2) is 6.31. The zero-order valence-electron chi connectivity index (χ0n) is 13.7. The van der Waals surface area contributed by atoms with E-state index in [0.717, 1.165) is 6.07 Å². The number of piperazine rings is 1. The predicted molar refractivity (Wildman–Crippen MR) is 90.1 cm³/mol. The normalized spacial score (nSPS) is 20.5. The molecule has 1 saturated carbocycles. The number of sulfonamides is 2. The van der Waals surface area contributed by atoms with E-state index in [1.165, 1.54) is 20.7 Å². The molecule has 2 fully saturated rings. The van der Waals surface area contributed by atoms with E-state index in [9.17, 15) is 26.9 Å². The summed E-state index contributed by atoms with van der Waals surface area (Å²) in [6.45, 7) is 1.86. The number of hydrogen-bond donors (Lipinski definition) is 0. The van der Waals surface area contributed by atoms with Crippen molar-refractivity contribution < 1.29 is 21.8 Å². The first-order valence-corrected chi connectivity index (χ1v) is 10.8. The molecule has 0 atom stereocenters. The number of benzene rings is 1. The highest BCUT2D eigenvalue weighted by atomic mass is 32.2. The monoisotopic (exact) mass is 389 g/mol. The SMILES string of the molecule is Cc1ccc([N+](=O)[O-])cc1S(=O)(=O)N1CCN(S(=O)(=O)C2CC2)CC1. The van der Waals surface area contributed by atoms with Gasteiger partial charge in [0.15, 0.2) is 0 Å². The van der Waals surface area contributed by atoms with E-state index in [2.05, 4.69) is 0 Å². The maximum absolute atomic E-state index is 12.8. The van der Waals surface area contributed by atoms with Gasteiger partial charge in [-0.05, 0) is 25.3 Å². The molecule has 2 aliphatic rings. The summed E-state index contributed by atoms with van der Waals surface area (Å²) in [6.07, 6.45) is 1.32. The number of aryl methyl sites for hydroxylation is 1. The fourth-order valence-corrected chi connectivity index (χ4v) is 6.35. The fraction of sp³-hybridized carbons (Fsp3) is 0.571. The highest BCUT2D eigenvalue weighted by Crippen LogP contribution is 2.32. The number of rotatable bonds is 5. The van der Waals surface area contributed by atoms with E-state index in [1.807, 2.05) is 0 Å². The predicted octanol–water partition coefficient (Wildman–Crippen LogP) is 0.702. The molecule has 1 aromatic carbocycles. The molecular formula is C14H19N3O6S2. The van der Waals surface area contributed by atoms with Crippen molar-refractivity contribution in [2.45, 2.75) is 29.9 Å². The summed E-state index contributed by atoms with van der Waals surface area (Å²) >= 11 is 0. The van der Waals surface area contributed by atoms with Gasteiger partial charge >= 0.3 is 0 Å². The van der Waals surface area contributed by atoms with Gasteiger partial charge in [-0.25, -0.2) is 16.8 Å². The Bertz CT molecular complexity index is 900. The molecule has 0 radical (unpaired) electrons. The van der Waals surface area contributed by atoms with Crippen LogP contribution in [0.4, 0.5) is 5.69 Å². The van der Waals surface area contributed by atoms with E-state index in [4.69, 9.17) is 0 Å². The van der Waals surface area contributed by atoms with Crippen LogP contribution in [0, 0.1) is 17.0 Å². The van der Waals surface area contributed by atoms with Crippen LogP contribution in [0.1, 0.15) is 18.4 Å². The Labute approximate surface area is 146 Å². The van der Waals surface area contributed by atoms with Crippen LogP contribution in [-0.2, 0) is 20.0 Å². The molecule has 0 amide bonds. The number of hydrogen-bond acceptors (Lipinski definition) is 6. The van der Waals surface area contributed by atoms with E-state index >= 15 is 0 Å². The van der Waals surface area contributed by atoms with Crippen molar-refractivity contribution in [3.8, 4) is 0 Å². The number of nitro groups is 1. The second-order valence-corrected chi connectivity index (χ2v) is 10.4. The van der Waals surface area contributed by atoms with Gasteiger partial charge < -0.3 is 0 Å². The molecule has 3 rings (SSSR count). The molecule has 0 N–H and O–H groups in total. The Balaban J connectivity index is 1.81. The number of non-ortho nitro benzene ring substituents is 1. The lowest BCUT2D eigenvalue weighted by atomic mass is 10.2. The Morgan fingerprint density at radius 3 is 2.12 bits per heavy atom. The first-order valence-electron chi connectivity index (χ1n) is 7.88. The topological polar surface area (TPSA) is 118 Å². The maximum atomic E-state index is 12.8. The van der Waals surface area contributed by atoms with Crippen LogP contribution in [0.5, 0.6) is 0 Å². The Kier molecular flexibility index (Phi) is 4.60. The average molecular weight is 389 g/mol. The quantitative estimate of drug-likeness (QED) is 0.540. The second-order valence-electron chi connectivity index (χ2n) is 6.25. The van der Waals surface area contributed by atoms with Gasteiger partial charge in [-0.15, -0.1) is 0 Å². The van der Waals surface area contributed by atoms with Crippen LogP contribution in [-0.4, -0.2) is 61.8 Å². The van der Waals surface area contributed by atoms with Crippen molar-refractivity contribution in [3.63, 3.8) is 0 Å². The van der Waals surface area contributed by atoms with Gasteiger partial charge in [0.2, 0.25) is 20.0 Å². The van der Waals surface area contributed by atoms with Crippen LogP contribution in [0.25, 0.3) is 0 Å². The minimum atomic E-state index is -3.91.